The zero-order valence-corrected chi connectivity index (χ0v) is 9.38. The van der Waals surface area contributed by atoms with Gasteiger partial charge in [-0.25, -0.2) is 0 Å². The number of hydrogen-bond acceptors (Lipinski definition) is 2. The van der Waals surface area contributed by atoms with Crippen LogP contribution < -0.4 is 0 Å². The van der Waals surface area contributed by atoms with Crippen molar-refractivity contribution < 1.29 is 4.79 Å². The number of halogens is 1. The minimum absolute atomic E-state index is 0.0359. The minimum Gasteiger partial charge on any atom is -0.288 e. The first-order valence-corrected chi connectivity index (χ1v) is 5.09. The van der Waals surface area contributed by atoms with Crippen LogP contribution in [-0.4, -0.2) is 5.78 Å². The molecule has 0 aliphatic rings. The average molecular weight is 245 g/mol. The number of ketones is 1. The Morgan fingerprint density at radius 3 is 2.58 bits per heavy atom. The van der Waals surface area contributed by atoms with E-state index in [-0.39, 0.29) is 5.78 Å². The average Bonchev–Trinajstić information content (AvgIpc) is 2.30. The maximum absolute atomic E-state index is 11.4. The quantitative estimate of drug-likeness (QED) is 0.575. The van der Waals surface area contributed by atoms with Crippen molar-refractivity contribution in [1.29, 1.82) is 0 Å². The van der Waals surface area contributed by atoms with Crippen LogP contribution in [0.25, 0.3) is 0 Å². The molecule has 0 unspecified atom stereocenters. The Balaban J connectivity index is 3.05. The van der Waals surface area contributed by atoms with Gasteiger partial charge in [-0.15, -0.1) is 11.3 Å². The monoisotopic (exact) mass is 244 g/mol. The Bertz CT molecular complexity index is 319. The fraction of sp³-hybridized carbons (Fsp3) is 0.222. The van der Waals surface area contributed by atoms with Gasteiger partial charge in [-0.3, -0.25) is 4.79 Å². The van der Waals surface area contributed by atoms with Crippen molar-refractivity contribution >= 4 is 33.0 Å². The molecular formula is C9H9BrOS. The van der Waals surface area contributed by atoms with Crippen molar-refractivity contribution in [2.45, 2.75) is 13.8 Å². The van der Waals surface area contributed by atoms with Gasteiger partial charge in [-0.1, -0.05) is 6.58 Å². The summed E-state index contributed by atoms with van der Waals surface area (Å²) in [4.78, 5) is 12.2. The van der Waals surface area contributed by atoms with Gasteiger partial charge in [0.15, 0.2) is 5.78 Å². The maximum atomic E-state index is 11.4. The standard InChI is InChI=1S/C9H9BrOS/c1-5(2)8(11)7-4-6(3)9(10)12-7/h4H,1H2,2-3H3. The Labute approximate surface area is 84.2 Å². The van der Waals surface area contributed by atoms with E-state index in [9.17, 15) is 4.79 Å². The van der Waals surface area contributed by atoms with E-state index in [1.165, 1.54) is 11.3 Å². The summed E-state index contributed by atoms with van der Waals surface area (Å²) in [6.07, 6.45) is 0. The molecule has 0 amide bonds. The van der Waals surface area contributed by atoms with Gasteiger partial charge >= 0.3 is 0 Å². The third-order valence-electron chi connectivity index (χ3n) is 1.47. The third-order valence-corrected chi connectivity index (χ3v) is 3.60. The van der Waals surface area contributed by atoms with E-state index in [4.69, 9.17) is 0 Å². The predicted molar refractivity (Wildman–Crippen MR) is 55.9 cm³/mol. The predicted octanol–water partition coefficient (Wildman–Crippen LogP) is 3.58. The molecule has 0 radical (unpaired) electrons. The zero-order valence-electron chi connectivity index (χ0n) is 6.98. The second kappa shape index (κ2) is 3.54. The largest absolute Gasteiger partial charge is 0.288 e. The van der Waals surface area contributed by atoms with E-state index in [1.54, 1.807) is 6.92 Å². The number of carbonyl (C=O) groups is 1. The van der Waals surface area contributed by atoms with E-state index in [0.717, 1.165) is 14.2 Å². The molecule has 0 spiro atoms. The lowest BCUT2D eigenvalue weighted by molar-refractivity contribution is 0.103. The lowest BCUT2D eigenvalue weighted by atomic mass is 10.2. The summed E-state index contributed by atoms with van der Waals surface area (Å²) in [7, 11) is 0. The summed E-state index contributed by atoms with van der Waals surface area (Å²) in [5.41, 5.74) is 1.69. The summed E-state index contributed by atoms with van der Waals surface area (Å²) in [6, 6.07) is 1.88. The van der Waals surface area contributed by atoms with Crippen molar-refractivity contribution in [3.05, 3.63) is 32.4 Å². The smallest absolute Gasteiger partial charge is 0.198 e. The number of allylic oxidation sites excluding steroid dienone is 1. The van der Waals surface area contributed by atoms with Gasteiger partial charge in [0, 0.05) is 0 Å². The molecule has 1 aromatic heterocycles. The molecule has 64 valence electrons. The van der Waals surface area contributed by atoms with Crippen molar-refractivity contribution in [1.82, 2.24) is 0 Å². The fourth-order valence-electron chi connectivity index (χ4n) is 0.782. The summed E-state index contributed by atoms with van der Waals surface area (Å²) in [5, 5.41) is 0. The van der Waals surface area contributed by atoms with Crippen molar-refractivity contribution in [2.24, 2.45) is 0 Å². The van der Waals surface area contributed by atoms with E-state index in [1.807, 2.05) is 13.0 Å². The first kappa shape index (κ1) is 9.68. The molecule has 1 nitrogen and oxygen atoms in total. The molecule has 0 atom stereocenters. The highest BCUT2D eigenvalue weighted by atomic mass is 79.9. The van der Waals surface area contributed by atoms with Crippen LogP contribution in [0.3, 0.4) is 0 Å². The van der Waals surface area contributed by atoms with E-state index in [0.29, 0.717) is 5.57 Å². The van der Waals surface area contributed by atoms with Gasteiger partial charge in [-0.2, -0.15) is 0 Å². The van der Waals surface area contributed by atoms with Gasteiger partial charge in [-0.05, 0) is 47.0 Å². The number of carbonyl (C=O) groups excluding carboxylic acids is 1. The highest BCUT2D eigenvalue weighted by molar-refractivity contribution is 9.11. The Morgan fingerprint density at radius 2 is 2.25 bits per heavy atom. The molecule has 0 aromatic carbocycles. The molecule has 0 fully saturated rings. The van der Waals surface area contributed by atoms with Crippen LogP contribution in [-0.2, 0) is 0 Å². The van der Waals surface area contributed by atoms with E-state index < -0.39 is 0 Å². The van der Waals surface area contributed by atoms with Gasteiger partial charge < -0.3 is 0 Å². The lowest BCUT2D eigenvalue weighted by Gasteiger charge is -1.91. The number of hydrogen-bond donors (Lipinski definition) is 0. The second-order valence-electron chi connectivity index (χ2n) is 2.68. The van der Waals surface area contributed by atoms with Crippen LogP contribution in [0, 0.1) is 6.92 Å². The summed E-state index contributed by atoms with van der Waals surface area (Å²) in [6.45, 7) is 7.31. The number of Topliss-reactive ketones (excluding diaryl/α,β-unsaturated/α-hetero) is 1. The van der Waals surface area contributed by atoms with Crippen LogP contribution in [0.4, 0.5) is 0 Å². The van der Waals surface area contributed by atoms with E-state index >= 15 is 0 Å². The minimum atomic E-state index is 0.0359. The first-order valence-electron chi connectivity index (χ1n) is 3.48. The Kier molecular flexibility index (Phi) is 2.85. The second-order valence-corrected chi connectivity index (χ2v) is 5.05. The molecule has 0 aliphatic heterocycles. The molecule has 3 heteroatoms. The van der Waals surface area contributed by atoms with Crippen LogP contribution in [0.5, 0.6) is 0 Å². The Morgan fingerprint density at radius 1 is 1.67 bits per heavy atom. The molecule has 1 rings (SSSR count). The highest BCUT2D eigenvalue weighted by Crippen LogP contribution is 2.28. The number of thiophene rings is 1. The molecule has 0 bridgehead atoms. The van der Waals surface area contributed by atoms with Gasteiger partial charge in [0.25, 0.3) is 0 Å². The summed E-state index contributed by atoms with van der Waals surface area (Å²) < 4.78 is 1.02. The van der Waals surface area contributed by atoms with Crippen LogP contribution >= 0.6 is 27.3 Å². The van der Waals surface area contributed by atoms with Crippen molar-refractivity contribution in [2.75, 3.05) is 0 Å². The molecule has 1 heterocycles. The zero-order chi connectivity index (χ0) is 9.30. The number of rotatable bonds is 2. The SMILES string of the molecule is C=C(C)C(=O)c1cc(C)c(Br)s1. The van der Waals surface area contributed by atoms with Gasteiger partial charge in [0.05, 0.1) is 8.66 Å². The molecule has 0 saturated heterocycles. The molecule has 0 saturated carbocycles. The molecular weight excluding hydrogens is 236 g/mol. The normalized spacial score (nSPS) is 9.92. The molecule has 12 heavy (non-hydrogen) atoms. The third kappa shape index (κ3) is 1.84. The summed E-state index contributed by atoms with van der Waals surface area (Å²) in [5.74, 6) is 0.0359. The van der Waals surface area contributed by atoms with Crippen LogP contribution in [0.15, 0.2) is 22.0 Å². The van der Waals surface area contributed by atoms with Crippen LogP contribution in [0.1, 0.15) is 22.2 Å². The van der Waals surface area contributed by atoms with E-state index in [2.05, 4.69) is 22.5 Å². The van der Waals surface area contributed by atoms with Gasteiger partial charge in [0.1, 0.15) is 0 Å². The first-order chi connectivity index (χ1) is 5.52. The highest BCUT2D eigenvalue weighted by Gasteiger charge is 2.10. The molecule has 1 aromatic rings. The number of aryl methyl sites for hydroxylation is 1. The maximum Gasteiger partial charge on any atom is 0.198 e. The molecule has 0 aliphatic carbocycles. The topological polar surface area (TPSA) is 17.1 Å². The van der Waals surface area contributed by atoms with Crippen molar-refractivity contribution in [3.63, 3.8) is 0 Å². The molecule has 0 N–H and O–H groups in total. The van der Waals surface area contributed by atoms with Crippen molar-refractivity contribution in [3.8, 4) is 0 Å². The fourth-order valence-corrected chi connectivity index (χ4v) is 2.34. The van der Waals surface area contributed by atoms with Gasteiger partial charge in [0.2, 0.25) is 0 Å². The Hall–Kier alpha value is -0.410. The van der Waals surface area contributed by atoms with Crippen LogP contribution in [0.2, 0.25) is 0 Å². The lowest BCUT2D eigenvalue weighted by Crippen LogP contribution is -1.94. The summed E-state index contributed by atoms with van der Waals surface area (Å²) >= 11 is 4.83.